The van der Waals surface area contributed by atoms with Gasteiger partial charge in [-0.25, -0.2) is 0 Å². The van der Waals surface area contributed by atoms with Crippen LogP contribution in [0.25, 0.3) is 0 Å². The van der Waals surface area contributed by atoms with E-state index < -0.39 is 11.6 Å². The number of esters is 1. The van der Waals surface area contributed by atoms with Gasteiger partial charge in [0, 0.05) is 0 Å². The van der Waals surface area contributed by atoms with Gasteiger partial charge in [0.1, 0.15) is 12.6 Å². The number of carbonyl (C=O) groups excluding carboxylic acids is 1. The Balaban J connectivity index is 2.64. The Hall–Kier alpha value is -0.650. The topological polar surface area (TPSA) is 78.8 Å². The first-order valence-corrected chi connectivity index (χ1v) is 3.79. The van der Waals surface area contributed by atoms with Crippen LogP contribution in [0.15, 0.2) is 0 Å². The summed E-state index contributed by atoms with van der Waals surface area (Å²) < 4.78 is 4.77. The number of hydrogen-bond acceptors (Lipinski definition) is 5. The monoisotopic (exact) mass is 175 g/mol. The molecule has 1 aliphatic heterocycles. The second kappa shape index (κ2) is 3.38. The molecule has 0 amide bonds. The first-order valence-electron chi connectivity index (χ1n) is 3.79. The van der Waals surface area contributed by atoms with Crippen molar-refractivity contribution in [2.45, 2.75) is 18.5 Å². The van der Waals surface area contributed by atoms with Gasteiger partial charge in [0.15, 0.2) is 0 Å². The average Bonchev–Trinajstić information content (AvgIpc) is 2.10. The van der Waals surface area contributed by atoms with Crippen molar-refractivity contribution < 1.29 is 19.7 Å². The van der Waals surface area contributed by atoms with Gasteiger partial charge in [0.25, 0.3) is 0 Å². The zero-order chi connectivity index (χ0) is 9.19. The summed E-state index contributed by atoms with van der Waals surface area (Å²) in [6, 6.07) is -0.474. The van der Waals surface area contributed by atoms with Crippen LogP contribution in [0.4, 0.5) is 0 Å². The lowest BCUT2D eigenvalue weighted by Gasteiger charge is -2.37. The van der Waals surface area contributed by atoms with Crippen LogP contribution >= 0.6 is 0 Å². The minimum Gasteiger partial charge on any atom is -0.462 e. The molecular formula is C7H13NO4. The Morgan fingerprint density at radius 2 is 2.25 bits per heavy atom. The molecule has 0 aromatic carbocycles. The van der Waals surface area contributed by atoms with Crippen LogP contribution in [0, 0.1) is 0 Å². The molecule has 0 radical (unpaired) electrons. The Kier molecular flexibility index (Phi) is 2.66. The maximum absolute atomic E-state index is 10.9. The number of aliphatic hydroxyl groups is 2. The number of aliphatic hydroxyl groups excluding tert-OH is 2. The quantitative estimate of drug-likeness (QED) is 0.433. The molecule has 1 rings (SSSR count). The zero-order valence-corrected chi connectivity index (χ0v) is 6.91. The standard InChI is InChI=1S/C7H13NO4/c1-5-6(11)12-4-7(2-9,3-10)8-5/h5,8-10H,2-4H2,1H3. The fraction of sp³-hybridized carbons (Fsp3) is 0.857. The predicted molar refractivity (Wildman–Crippen MR) is 40.5 cm³/mol. The number of rotatable bonds is 2. The molecule has 12 heavy (non-hydrogen) atoms. The number of hydrogen-bond donors (Lipinski definition) is 3. The third-order valence-electron chi connectivity index (χ3n) is 1.97. The molecule has 5 heteroatoms. The van der Waals surface area contributed by atoms with Crippen LogP contribution < -0.4 is 5.32 Å². The van der Waals surface area contributed by atoms with Gasteiger partial charge < -0.3 is 14.9 Å². The van der Waals surface area contributed by atoms with Crippen molar-refractivity contribution in [1.82, 2.24) is 5.32 Å². The SMILES string of the molecule is CC1NC(CO)(CO)COC1=O. The van der Waals surface area contributed by atoms with Crippen LogP contribution in [0.2, 0.25) is 0 Å². The number of ether oxygens (including phenoxy) is 1. The minimum absolute atomic E-state index is 0.0170. The van der Waals surface area contributed by atoms with Gasteiger partial charge >= 0.3 is 5.97 Å². The summed E-state index contributed by atoms with van der Waals surface area (Å²) in [5.41, 5.74) is -0.868. The highest BCUT2D eigenvalue weighted by atomic mass is 16.5. The highest BCUT2D eigenvalue weighted by molar-refractivity contribution is 5.76. The molecular weight excluding hydrogens is 162 g/mol. The van der Waals surface area contributed by atoms with Crippen molar-refractivity contribution in [1.29, 1.82) is 0 Å². The summed E-state index contributed by atoms with van der Waals surface area (Å²) in [5.74, 6) is -0.354. The van der Waals surface area contributed by atoms with Crippen LogP contribution in [0.3, 0.4) is 0 Å². The first kappa shape index (κ1) is 9.44. The second-order valence-electron chi connectivity index (χ2n) is 3.07. The van der Waals surface area contributed by atoms with E-state index in [1.54, 1.807) is 6.92 Å². The van der Waals surface area contributed by atoms with E-state index in [2.05, 4.69) is 5.32 Å². The van der Waals surface area contributed by atoms with Gasteiger partial charge in [-0.15, -0.1) is 0 Å². The molecule has 0 aliphatic carbocycles. The molecule has 70 valence electrons. The van der Waals surface area contributed by atoms with Crippen molar-refractivity contribution in [2.24, 2.45) is 0 Å². The normalized spacial score (nSPS) is 28.2. The van der Waals surface area contributed by atoms with Gasteiger partial charge in [-0.1, -0.05) is 0 Å². The fourth-order valence-electron chi connectivity index (χ4n) is 1.13. The lowest BCUT2D eigenvalue weighted by molar-refractivity contribution is -0.157. The van der Waals surface area contributed by atoms with Crippen molar-refractivity contribution in [2.75, 3.05) is 19.8 Å². The molecule has 0 saturated carbocycles. The van der Waals surface area contributed by atoms with Crippen molar-refractivity contribution >= 4 is 5.97 Å². The van der Waals surface area contributed by atoms with Crippen molar-refractivity contribution in [3.8, 4) is 0 Å². The molecule has 0 aromatic heterocycles. The molecule has 0 bridgehead atoms. The first-order chi connectivity index (χ1) is 5.63. The van der Waals surface area contributed by atoms with Gasteiger partial charge in [0.05, 0.1) is 18.8 Å². The third-order valence-corrected chi connectivity index (χ3v) is 1.97. The lowest BCUT2D eigenvalue weighted by atomic mass is 10.0. The summed E-state index contributed by atoms with van der Waals surface area (Å²) in [6.45, 7) is 1.15. The van der Waals surface area contributed by atoms with E-state index in [0.29, 0.717) is 0 Å². The van der Waals surface area contributed by atoms with Crippen LogP contribution in [0.5, 0.6) is 0 Å². The maximum atomic E-state index is 10.9. The molecule has 0 spiro atoms. The number of cyclic esters (lactones) is 1. The molecule has 1 heterocycles. The molecule has 5 nitrogen and oxygen atoms in total. The van der Waals surface area contributed by atoms with E-state index in [9.17, 15) is 4.79 Å². The smallest absolute Gasteiger partial charge is 0.322 e. The van der Waals surface area contributed by atoms with E-state index in [0.717, 1.165) is 0 Å². The number of nitrogens with one attached hydrogen (secondary N) is 1. The molecule has 1 unspecified atom stereocenters. The minimum atomic E-state index is -0.868. The summed E-state index contributed by atoms with van der Waals surface area (Å²) >= 11 is 0. The molecule has 1 aliphatic rings. The summed E-state index contributed by atoms with van der Waals surface area (Å²) in [6.07, 6.45) is 0. The van der Waals surface area contributed by atoms with Crippen LogP contribution in [-0.4, -0.2) is 47.6 Å². The molecule has 1 atom stereocenters. The van der Waals surface area contributed by atoms with Crippen LogP contribution in [0.1, 0.15) is 6.92 Å². The number of carbonyl (C=O) groups is 1. The van der Waals surface area contributed by atoms with Gasteiger partial charge in [-0.2, -0.15) is 0 Å². The summed E-state index contributed by atoms with van der Waals surface area (Å²) in [5, 5.41) is 20.7. The lowest BCUT2D eigenvalue weighted by Crippen LogP contribution is -2.64. The molecule has 0 aromatic rings. The van der Waals surface area contributed by atoms with Gasteiger partial charge in [0.2, 0.25) is 0 Å². The highest BCUT2D eigenvalue weighted by Gasteiger charge is 2.38. The fourth-order valence-corrected chi connectivity index (χ4v) is 1.13. The van der Waals surface area contributed by atoms with E-state index in [-0.39, 0.29) is 25.8 Å². The maximum Gasteiger partial charge on any atom is 0.322 e. The summed E-state index contributed by atoms with van der Waals surface area (Å²) in [4.78, 5) is 10.9. The molecule has 1 fully saturated rings. The summed E-state index contributed by atoms with van der Waals surface area (Å²) in [7, 11) is 0. The molecule has 3 N–H and O–H groups in total. The van der Waals surface area contributed by atoms with E-state index in [1.165, 1.54) is 0 Å². The van der Waals surface area contributed by atoms with Gasteiger partial charge in [-0.3, -0.25) is 10.1 Å². The zero-order valence-electron chi connectivity index (χ0n) is 6.91. The Morgan fingerprint density at radius 3 is 2.67 bits per heavy atom. The number of morpholine rings is 1. The van der Waals surface area contributed by atoms with Crippen molar-refractivity contribution in [3.05, 3.63) is 0 Å². The largest absolute Gasteiger partial charge is 0.462 e. The van der Waals surface area contributed by atoms with E-state index in [4.69, 9.17) is 14.9 Å². The van der Waals surface area contributed by atoms with Crippen LogP contribution in [-0.2, 0) is 9.53 Å². The Bertz CT molecular complexity index is 178. The average molecular weight is 175 g/mol. The second-order valence-corrected chi connectivity index (χ2v) is 3.07. The van der Waals surface area contributed by atoms with E-state index in [1.807, 2.05) is 0 Å². The van der Waals surface area contributed by atoms with E-state index >= 15 is 0 Å². The third kappa shape index (κ3) is 1.57. The Morgan fingerprint density at radius 1 is 1.67 bits per heavy atom. The highest BCUT2D eigenvalue weighted by Crippen LogP contribution is 2.11. The Labute approximate surface area is 70.3 Å². The van der Waals surface area contributed by atoms with Crippen molar-refractivity contribution in [3.63, 3.8) is 0 Å². The van der Waals surface area contributed by atoms with Gasteiger partial charge in [-0.05, 0) is 6.92 Å². The predicted octanol–water partition coefficient (Wildman–Crippen LogP) is -1.76. The molecule has 1 saturated heterocycles.